The first-order valence-electron chi connectivity index (χ1n) is 5.73. The van der Waals surface area contributed by atoms with Gasteiger partial charge in [-0.1, -0.05) is 20.8 Å². The molecule has 15 heavy (non-hydrogen) atoms. The number of carbonyl (C=O) groups excluding carboxylic acids is 1. The topological polar surface area (TPSA) is 17.1 Å². The maximum Gasteiger partial charge on any atom is 0.140 e. The van der Waals surface area contributed by atoms with Gasteiger partial charge in [0.2, 0.25) is 0 Å². The highest BCUT2D eigenvalue weighted by Crippen LogP contribution is 2.53. The number of ketones is 1. The largest absolute Gasteiger partial charge is 0.299 e. The van der Waals surface area contributed by atoms with Crippen molar-refractivity contribution in [2.45, 2.75) is 46.0 Å². The normalized spacial score (nSPS) is 30.3. The van der Waals surface area contributed by atoms with Crippen LogP contribution < -0.4 is 0 Å². The van der Waals surface area contributed by atoms with Crippen LogP contribution in [-0.4, -0.2) is 5.78 Å². The predicted molar refractivity (Wildman–Crippen MR) is 64.5 cm³/mol. The standard InChI is InChI=1S/C13H18OS/c1-4-9-6-7-11(15-9)10-8-12(14)13(10,3)5-2/h6-7,10H,4-5,8H2,1-3H3. The van der Waals surface area contributed by atoms with Crippen LogP contribution in [0.25, 0.3) is 0 Å². The molecule has 0 spiro atoms. The summed E-state index contributed by atoms with van der Waals surface area (Å²) in [5.74, 6) is 0.932. The lowest BCUT2D eigenvalue weighted by molar-refractivity contribution is -0.139. The first-order valence-corrected chi connectivity index (χ1v) is 6.55. The van der Waals surface area contributed by atoms with Crippen molar-refractivity contribution in [3.8, 4) is 0 Å². The SMILES string of the molecule is CCc1ccc(C2CC(=O)C2(C)CC)s1. The molecule has 1 saturated carbocycles. The molecular weight excluding hydrogens is 204 g/mol. The summed E-state index contributed by atoms with van der Waals surface area (Å²) in [5, 5.41) is 0. The zero-order valence-corrected chi connectivity index (χ0v) is 10.5. The highest BCUT2D eigenvalue weighted by Gasteiger charge is 2.50. The third kappa shape index (κ3) is 1.55. The van der Waals surface area contributed by atoms with Crippen LogP contribution in [0.15, 0.2) is 12.1 Å². The van der Waals surface area contributed by atoms with Gasteiger partial charge in [0.05, 0.1) is 0 Å². The third-order valence-corrected chi connectivity index (χ3v) is 5.25. The van der Waals surface area contributed by atoms with Crippen LogP contribution in [0.4, 0.5) is 0 Å². The number of aryl methyl sites for hydroxylation is 1. The van der Waals surface area contributed by atoms with E-state index in [1.165, 1.54) is 9.75 Å². The van der Waals surface area contributed by atoms with Gasteiger partial charge in [-0.3, -0.25) is 4.79 Å². The zero-order valence-electron chi connectivity index (χ0n) is 9.67. The van der Waals surface area contributed by atoms with Gasteiger partial charge in [0.25, 0.3) is 0 Å². The van der Waals surface area contributed by atoms with Gasteiger partial charge >= 0.3 is 0 Å². The molecular formula is C13H18OS. The Balaban J connectivity index is 2.22. The second kappa shape index (κ2) is 3.75. The molecule has 2 rings (SSSR count). The molecule has 2 heteroatoms. The number of hydrogen-bond acceptors (Lipinski definition) is 2. The Labute approximate surface area is 95.5 Å². The predicted octanol–water partition coefficient (Wildman–Crippen LogP) is 3.78. The fourth-order valence-electron chi connectivity index (χ4n) is 2.34. The summed E-state index contributed by atoms with van der Waals surface area (Å²) in [5.41, 5.74) is -0.0735. The van der Waals surface area contributed by atoms with Crippen molar-refractivity contribution in [3.63, 3.8) is 0 Å². The van der Waals surface area contributed by atoms with Gasteiger partial charge in [0.1, 0.15) is 5.78 Å². The summed E-state index contributed by atoms with van der Waals surface area (Å²) in [4.78, 5) is 14.5. The Kier molecular flexibility index (Phi) is 2.72. The maximum atomic E-state index is 11.6. The van der Waals surface area contributed by atoms with E-state index in [1.807, 2.05) is 11.3 Å². The van der Waals surface area contributed by atoms with E-state index in [-0.39, 0.29) is 5.41 Å². The monoisotopic (exact) mass is 222 g/mol. The molecule has 0 radical (unpaired) electrons. The van der Waals surface area contributed by atoms with Crippen LogP contribution in [0.5, 0.6) is 0 Å². The van der Waals surface area contributed by atoms with Crippen LogP contribution in [0.2, 0.25) is 0 Å². The van der Waals surface area contributed by atoms with Gasteiger partial charge in [-0.05, 0) is 25.0 Å². The molecule has 0 aromatic carbocycles. The van der Waals surface area contributed by atoms with Gasteiger partial charge < -0.3 is 0 Å². The second-order valence-corrected chi connectivity index (χ2v) is 5.81. The Morgan fingerprint density at radius 1 is 1.47 bits per heavy atom. The molecule has 0 N–H and O–H groups in total. The minimum atomic E-state index is -0.0735. The molecule has 1 nitrogen and oxygen atoms in total. The highest BCUT2D eigenvalue weighted by molar-refractivity contribution is 7.12. The molecule has 0 amide bonds. The van der Waals surface area contributed by atoms with Crippen LogP contribution in [0, 0.1) is 5.41 Å². The van der Waals surface area contributed by atoms with E-state index in [0.717, 1.165) is 19.3 Å². The van der Waals surface area contributed by atoms with E-state index in [9.17, 15) is 4.79 Å². The quantitative estimate of drug-likeness (QED) is 0.760. The van der Waals surface area contributed by atoms with E-state index in [2.05, 4.69) is 32.9 Å². The average molecular weight is 222 g/mol. The zero-order chi connectivity index (χ0) is 11.1. The lowest BCUT2D eigenvalue weighted by Gasteiger charge is -2.44. The average Bonchev–Trinajstić information content (AvgIpc) is 2.72. The summed E-state index contributed by atoms with van der Waals surface area (Å²) in [6.45, 7) is 6.42. The van der Waals surface area contributed by atoms with Crippen molar-refractivity contribution in [1.29, 1.82) is 0 Å². The van der Waals surface area contributed by atoms with E-state index >= 15 is 0 Å². The Bertz CT molecular complexity index is 380. The summed E-state index contributed by atoms with van der Waals surface area (Å²) in [6.07, 6.45) is 2.83. The fraction of sp³-hybridized carbons (Fsp3) is 0.615. The van der Waals surface area contributed by atoms with Crippen molar-refractivity contribution in [2.75, 3.05) is 0 Å². The van der Waals surface area contributed by atoms with E-state index in [4.69, 9.17) is 0 Å². The van der Waals surface area contributed by atoms with Crippen LogP contribution in [0.3, 0.4) is 0 Å². The van der Waals surface area contributed by atoms with Crippen LogP contribution in [-0.2, 0) is 11.2 Å². The maximum absolute atomic E-state index is 11.6. The van der Waals surface area contributed by atoms with Gasteiger partial charge in [-0.15, -0.1) is 11.3 Å². The Hall–Kier alpha value is -0.630. The van der Waals surface area contributed by atoms with Crippen molar-refractivity contribution >= 4 is 17.1 Å². The van der Waals surface area contributed by atoms with Gasteiger partial charge in [0, 0.05) is 27.5 Å². The Morgan fingerprint density at radius 3 is 2.67 bits per heavy atom. The lowest BCUT2D eigenvalue weighted by Crippen LogP contribution is -2.45. The number of thiophene rings is 1. The number of rotatable bonds is 3. The first-order chi connectivity index (χ1) is 7.11. The summed E-state index contributed by atoms with van der Waals surface area (Å²) in [7, 11) is 0. The fourth-order valence-corrected chi connectivity index (χ4v) is 3.54. The molecule has 82 valence electrons. The minimum Gasteiger partial charge on any atom is -0.299 e. The number of hydrogen-bond donors (Lipinski definition) is 0. The van der Waals surface area contributed by atoms with E-state index < -0.39 is 0 Å². The Morgan fingerprint density at radius 2 is 2.20 bits per heavy atom. The van der Waals surface area contributed by atoms with E-state index in [0.29, 0.717) is 11.7 Å². The molecule has 1 heterocycles. The molecule has 1 aromatic heterocycles. The smallest absolute Gasteiger partial charge is 0.140 e. The third-order valence-electron chi connectivity index (χ3n) is 3.90. The molecule has 2 unspecified atom stereocenters. The second-order valence-electron chi connectivity index (χ2n) is 4.61. The van der Waals surface area contributed by atoms with Crippen molar-refractivity contribution in [3.05, 3.63) is 21.9 Å². The molecule has 1 aliphatic carbocycles. The van der Waals surface area contributed by atoms with Crippen molar-refractivity contribution in [2.24, 2.45) is 5.41 Å². The van der Waals surface area contributed by atoms with Crippen LogP contribution >= 0.6 is 11.3 Å². The number of carbonyl (C=O) groups is 1. The van der Waals surface area contributed by atoms with Gasteiger partial charge in [-0.2, -0.15) is 0 Å². The lowest BCUT2D eigenvalue weighted by atomic mass is 9.58. The molecule has 0 saturated heterocycles. The minimum absolute atomic E-state index is 0.0735. The number of Topliss-reactive ketones (excluding diaryl/α,β-unsaturated/α-hetero) is 1. The highest BCUT2D eigenvalue weighted by atomic mass is 32.1. The molecule has 1 aliphatic rings. The van der Waals surface area contributed by atoms with Gasteiger partial charge in [0.15, 0.2) is 0 Å². The molecule has 0 bridgehead atoms. The molecule has 2 atom stereocenters. The van der Waals surface area contributed by atoms with Crippen molar-refractivity contribution in [1.82, 2.24) is 0 Å². The molecule has 0 aliphatic heterocycles. The van der Waals surface area contributed by atoms with Gasteiger partial charge in [-0.25, -0.2) is 0 Å². The summed E-state index contributed by atoms with van der Waals surface area (Å²) >= 11 is 1.88. The molecule has 1 aromatic rings. The van der Waals surface area contributed by atoms with Crippen molar-refractivity contribution < 1.29 is 4.79 Å². The first kappa shape index (κ1) is 10.9. The van der Waals surface area contributed by atoms with E-state index in [1.54, 1.807) is 0 Å². The summed E-state index contributed by atoms with van der Waals surface area (Å²) in [6, 6.07) is 4.42. The summed E-state index contributed by atoms with van der Waals surface area (Å²) < 4.78 is 0. The molecule has 1 fully saturated rings. The van der Waals surface area contributed by atoms with Crippen LogP contribution in [0.1, 0.15) is 49.3 Å².